The average molecular weight is 533 g/mol. The zero-order valence-corrected chi connectivity index (χ0v) is 21.3. The number of fused-ring (bicyclic) bond motifs is 3. The maximum atomic E-state index is 13.8. The van der Waals surface area contributed by atoms with Crippen molar-refractivity contribution < 1.29 is 9.90 Å². The van der Waals surface area contributed by atoms with Gasteiger partial charge >= 0.3 is 0 Å². The molecule has 0 bridgehead atoms. The molecule has 0 radical (unpaired) electrons. The molecule has 1 aliphatic carbocycles. The molecule has 6 rings (SSSR count). The van der Waals surface area contributed by atoms with Crippen molar-refractivity contribution in [1.82, 2.24) is 29.7 Å². The Labute approximate surface area is 222 Å². The summed E-state index contributed by atoms with van der Waals surface area (Å²) >= 11 is 13.2. The van der Waals surface area contributed by atoms with Gasteiger partial charge in [0.05, 0.1) is 32.5 Å². The molecular weight excluding hydrogens is 511 g/mol. The second-order valence-corrected chi connectivity index (χ2v) is 10.2. The summed E-state index contributed by atoms with van der Waals surface area (Å²) in [5, 5.41) is 26.8. The van der Waals surface area contributed by atoms with Gasteiger partial charge in [-0.3, -0.25) is 9.36 Å². The lowest BCUT2D eigenvalue weighted by Gasteiger charge is -2.38. The smallest absolute Gasteiger partial charge is 0.255 e. The number of aromatic hydroxyl groups is 1. The van der Waals surface area contributed by atoms with Crippen LogP contribution in [0.3, 0.4) is 0 Å². The lowest BCUT2D eigenvalue weighted by Crippen LogP contribution is -2.49. The highest BCUT2D eigenvalue weighted by Crippen LogP contribution is 2.41. The van der Waals surface area contributed by atoms with Crippen LogP contribution in [-0.4, -0.2) is 35.4 Å². The van der Waals surface area contributed by atoms with Gasteiger partial charge in [-0.15, -0.1) is 10.2 Å². The summed E-state index contributed by atoms with van der Waals surface area (Å²) in [5.74, 6) is -0.214. The number of pyridine rings is 1. The maximum Gasteiger partial charge on any atom is 0.255 e. The Hall–Kier alpha value is -3.88. The van der Waals surface area contributed by atoms with E-state index in [0.29, 0.717) is 30.5 Å². The minimum atomic E-state index is -0.758. The standard InChI is InChI=1S/C27H22Cl2N6O2/c1-16-9-23(36)25-19-12-27(17-5-3-2-4-6-17,8-7-22(19)33-35(25)13-16)32-26(37)24-20(28)10-18(11-21(24)29)34-14-30-31-15-34/h2-6,9-11,13-15,36H,7-8,12H2,1H3,(H,32,37). The number of hydrogen-bond donors (Lipinski definition) is 2. The Morgan fingerprint density at radius 2 is 1.78 bits per heavy atom. The zero-order chi connectivity index (χ0) is 25.7. The molecule has 0 saturated heterocycles. The summed E-state index contributed by atoms with van der Waals surface area (Å²) in [6.45, 7) is 1.91. The van der Waals surface area contributed by atoms with Gasteiger partial charge in [-0.1, -0.05) is 53.5 Å². The molecule has 10 heteroatoms. The van der Waals surface area contributed by atoms with Crippen molar-refractivity contribution in [2.24, 2.45) is 0 Å². The molecule has 3 aromatic heterocycles. The van der Waals surface area contributed by atoms with Crippen LogP contribution in [0.1, 0.15) is 39.2 Å². The summed E-state index contributed by atoms with van der Waals surface area (Å²) in [7, 11) is 0. The molecule has 0 aliphatic heterocycles. The minimum Gasteiger partial charge on any atom is -0.506 e. The zero-order valence-electron chi connectivity index (χ0n) is 19.8. The Balaban J connectivity index is 1.42. The van der Waals surface area contributed by atoms with E-state index in [1.807, 2.05) is 43.5 Å². The quantitative estimate of drug-likeness (QED) is 0.337. The summed E-state index contributed by atoms with van der Waals surface area (Å²) in [5.41, 5.74) is 4.42. The molecule has 0 saturated carbocycles. The number of halogens is 2. The second kappa shape index (κ2) is 8.90. The third-order valence-corrected chi connectivity index (χ3v) is 7.54. The van der Waals surface area contributed by atoms with Crippen LogP contribution in [0.25, 0.3) is 11.2 Å². The molecule has 8 nitrogen and oxygen atoms in total. The van der Waals surface area contributed by atoms with Gasteiger partial charge in [0.15, 0.2) is 0 Å². The van der Waals surface area contributed by atoms with Gasteiger partial charge < -0.3 is 10.4 Å². The van der Waals surface area contributed by atoms with Gasteiger partial charge in [0.2, 0.25) is 0 Å². The molecule has 1 unspecified atom stereocenters. The molecular formula is C27H22Cl2N6O2. The number of amides is 1. The maximum absolute atomic E-state index is 13.8. The van der Waals surface area contributed by atoms with Crippen LogP contribution in [-0.2, 0) is 18.4 Å². The molecule has 2 aromatic carbocycles. The Morgan fingerprint density at radius 3 is 2.49 bits per heavy atom. The van der Waals surface area contributed by atoms with Crippen LogP contribution in [0, 0.1) is 6.92 Å². The van der Waals surface area contributed by atoms with Crippen LogP contribution in [0.4, 0.5) is 0 Å². The first kappa shape index (κ1) is 23.5. The number of nitrogens with one attached hydrogen (secondary N) is 1. The van der Waals surface area contributed by atoms with E-state index in [2.05, 4.69) is 15.5 Å². The van der Waals surface area contributed by atoms with E-state index in [4.69, 9.17) is 28.3 Å². The van der Waals surface area contributed by atoms with Crippen molar-refractivity contribution in [3.8, 4) is 11.4 Å². The largest absolute Gasteiger partial charge is 0.506 e. The van der Waals surface area contributed by atoms with Gasteiger partial charge in [0.25, 0.3) is 5.91 Å². The van der Waals surface area contributed by atoms with E-state index >= 15 is 0 Å². The average Bonchev–Trinajstić information content (AvgIpc) is 3.52. The molecule has 0 fully saturated rings. The first-order valence-electron chi connectivity index (χ1n) is 11.8. The highest BCUT2D eigenvalue weighted by atomic mass is 35.5. The van der Waals surface area contributed by atoms with E-state index < -0.39 is 5.54 Å². The number of carbonyl (C=O) groups is 1. The van der Waals surface area contributed by atoms with Crippen molar-refractivity contribution in [2.75, 3.05) is 0 Å². The molecule has 3 heterocycles. The molecule has 1 aliphatic rings. The van der Waals surface area contributed by atoms with Crippen LogP contribution < -0.4 is 5.32 Å². The Morgan fingerprint density at radius 1 is 1.08 bits per heavy atom. The van der Waals surface area contributed by atoms with E-state index in [1.54, 1.807) is 27.3 Å². The van der Waals surface area contributed by atoms with Crippen LogP contribution >= 0.6 is 23.2 Å². The summed E-state index contributed by atoms with van der Waals surface area (Å²) < 4.78 is 3.39. The third-order valence-electron chi connectivity index (χ3n) is 6.94. The van der Waals surface area contributed by atoms with Crippen LogP contribution in [0.15, 0.2) is 67.4 Å². The SMILES string of the molecule is Cc1cc(O)c2c3c(nn2c1)CCC(NC(=O)c1c(Cl)cc(-n2cnnc2)cc1Cl)(c1ccccc1)C3. The minimum absolute atomic E-state index is 0.166. The summed E-state index contributed by atoms with van der Waals surface area (Å²) in [6, 6.07) is 14.9. The van der Waals surface area contributed by atoms with Crippen molar-refractivity contribution in [2.45, 2.75) is 31.7 Å². The number of aromatic nitrogens is 5. The van der Waals surface area contributed by atoms with Gasteiger partial charge in [-0.25, -0.2) is 4.52 Å². The van der Waals surface area contributed by atoms with Crippen molar-refractivity contribution in [3.05, 3.63) is 105 Å². The lowest BCUT2D eigenvalue weighted by molar-refractivity contribution is 0.0886. The van der Waals surface area contributed by atoms with E-state index in [1.165, 1.54) is 12.7 Å². The van der Waals surface area contributed by atoms with Crippen molar-refractivity contribution in [1.29, 1.82) is 0 Å². The number of aryl methyl sites for hydroxylation is 2. The van der Waals surface area contributed by atoms with Crippen molar-refractivity contribution in [3.63, 3.8) is 0 Å². The van der Waals surface area contributed by atoms with Gasteiger partial charge in [0.1, 0.15) is 23.9 Å². The van der Waals surface area contributed by atoms with Crippen LogP contribution in [0.5, 0.6) is 5.75 Å². The van der Waals surface area contributed by atoms with Gasteiger partial charge in [-0.2, -0.15) is 5.10 Å². The molecule has 1 atom stereocenters. The summed E-state index contributed by atoms with van der Waals surface area (Å²) in [4.78, 5) is 13.8. The van der Waals surface area contributed by atoms with E-state index in [9.17, 15) is 9.90 Å². The summed E-state index contributed by atoms with van der Waals surface area (Å²) in [6.07, 6.45) is 6.64. The topological polar surface area (TPSA) is 97.3 Å². The highest BCUT2D eigenvalue weighted by Gasteiger charge is 2.40. The fraction of sp³-hybridized carbons (Fsp3) is 0.185. The highest BCUT2D eigenvalue weighted by molar-refractivity contribution is 6.40. The third kappa shape index (κ3) is 4.02. The van der Waals surface area contributed by atoms with Crippen LogP contribution in [0.2, 0.25) is 10.0 Å². The number of carbonyl (C=O) groups excluding carboxylic acids is 1. The fourth-order valence-electron chi connectivity index (χ4n) is 5.23. The fourth-order valence-corrected chi connectivity index (χ4v) is 5.87. The number of benzene rings is 2. The molecule has 1 amide bonds. The molecule has 5 aromatic rings. The lowest BCUT2D eigenvalue weighted by atomic mass is 9.75. The normalized spacial score (nSPS) is 17.1. The Bertz CT molecular complexity index is 1630. The van der Waals surface area contributed by atoms with Crippen molar-refractivity contribution >= 4 is 34.6 Å². The second-order valence-electron chi connectivity index (χ2n) is 9.35. The number of rotatable bonds is 4. The Kier molecular flexibility index (Phi) is 5.66. The van der Waals surface area contributed by atoms with E-state index in [-0.39, 0.29) is 27.3 Å². The molecule has 0 spiro atoms. The number of nitrogens with zero attached hydrogens (tertiary/aromatic N) is 5. The first-order valence-corrected chi connectivity index (χ1v) is 12.5. The number of hydrogen-bond acceptors (Lipinski definition) is 5. The van der Waals surface area contributed by atoms with Gasteiger partial charge in [-0.05, 0) is 49.1 Å². The predicted octanol–water partition coefficient (Wildman–Crippen LogP) is 5.05. The predicted molar refractivity (Wildman–Crippen MR) is 141 cm³/mol. The molecule has 2 N–H and O–H groups in total. The van der Waals surface area contributed by atoms with Gasteiger partial charge in [0, 0.05) is 18.2 Å². The molecule has 186 valence electrons. The monoisotopic (exact) mass is 532 g/mol. The molecule has 37 heavy (non-hydrogen) atoms. The first-order chi connectivity index (χ1) is 17.8. The van der Waals surface area contributed by atoms with E-state index in [0.717, 1.165) is 22.4 Å².